The molecule has 0 saturated carbocycles. The second-order valence-corrected chi connectivity index (χ2v) is 3.90. The van der Waals surface area contributed by atoms with Crippen molar-refractivity contribution in [2.75, 3.05) is 0 Å². The van der Waals surface area contributed by atoms with Crippen LogP contribution in [0, 0.1) is 3.57 Å². The zero-order valence-electron chi connectivity index (χ0n) is 7.07. The van der Waals surface area contributed by atoms with Gasteiger partial charge in [-0.1, -0.05) is 12.1 Å². The highest BCUT2D eigenvalue weighted by atomic mass is 127. The van der Waals surface area contributed by atoms with Crippen LogP contribution < -0.4 is 5.69 Å². The first-order valence-corrected chi connectivity index (χ1v) is 5.02. The molecular weight excluding hydrogens is 295 g/mol. The minimum Gasteiger partial charge on any atom is -0.493 e. The molecule has 0 radical (unpaired) electrons. The number of aromatic amines is 1. The summed E-state index contributed by atoms with van der Waals surface area (Å²) in [6.07, 6.45) is 1.27. The topological polar surface area (TPSA) is 58.0 Å². The third-order valence-electron chi connectivity index (χ3n) is 1.85. The molecule has 0 amide bonds. The fraction of sp³-hybridized carbons (Fsp3) is 0. The summed E-state index contributed by atoms with van der Waals surface area (Å²) in [5.41, 5.74) is 0.337. The van der Waals surface area contributed by atoms with Crippen molar-refractivity contribution >= 4 is 22.6 Å². The smallest absolute Gasteiger partial charge is 0.333 e. The van der Waals surface area contributed by atoms with Gasteiger partial charge in [-0.25, -0.2) is 9.36 Å². The summed E-state index contributed by atoms with van der Waals surface area (Å²) in [6.45, 7) is 0. The molecule has 4 nitrogen and oxygen atoms in total. The number of aromatic nitrogens is 2. The predicted molar refractivity (Wildman–Crippen MR) is 60.8 cm³/mol. The number of rotatable bonds is 1. The Hall–Kier alpha value is -1.24. The van der Waals surface area contributed by atoms with Crippen LogP contribution in [-0.4, -0.2) is 14.7 Å². The molecule has 5 heteroatoms. The van der Waals surface area contributed by atoms with Crippen LogP contribution in [0.2, 0.25) is 0 Å². The van der Waals surface area contributed by atoms with E-state index in [2.05, 4.69) is 27.6 Å². The Kier molecular flexibility index (Phi) is 2.32. The lowest BCUT2D eigenvalue weighted by molar-refractivity contribution is 0.440. The monoisotopic (exact) mass is 302 g/mol. The van der Waals surface area contributed by atoms with Crippen molar-refractivity contribution < 1.29 is 5.11 Å². The van der Waals surface area contributed by atoms with Crippen molar-refractivity contribution in [1.29, 1.82) is 0 Å². The molecule has 0 fully saturated rings. The molecule has 2 aromatic rings. The maximum atomic E-state index is 11.3. The van der Waals surface area contributed by atoms with Crippen molar-refractivity contribution in [2.24, 2.45) is 0 Å². The molecule has 0 saturated heterocycles. The van der Waals surface area contributed by atoms with E-state index in [1.807, 2.05) is 18.2 Å². The third kappa shape index (κ3) is 1.43. The first kappa shape index (κ1) is 9.32. The Morgan fingerprint density at radius 1 is 1.36 bits per heavy atom. The summed E-state index contributed by atoms with van der Waals surface area (Å²) in [5.74, 6) is -0.0842. The van der Waals surface area contributed by atoms with Crippen LogP contribution in [0.5, 0.6) is 5.88 Å². The third-order valence-corrected chi connectivity index (χ3v) is 2.76. The molecular formula is C9H7IN2O2. The van der Waals surface area contributed by atoms with E-state index >= 15 is 0 Å². The van der Waals surface area contributed by atoms with Crippen molar-refractivity contribution in [2.45, 2.75) is 0 Å². The number of nitrogens with zero attached hydrogens (tertiary/aromatic N) is 1. The fourth-order valence-corrected chi connectivity index (χ4v) is 1.85. The molecule has 72 valence electrons. The van der Waals surface area contributed by atoms with Gasteiger partial charge in [0.1, 0.15) is 0 Å². The Morgan fingerprint density at radius 2 is 2.07 bits per heavy atom. The maximum absolute atomic E-state index is 11.3. The number of para-hydroxylation sites is 1. The molecule has 2 rings (SSSR count). The van der Waals surface area contributed by atoms with Crippen LogP contribution in [0.3, 0.4) is 0 Å². The molecule has 0 unspecified atom stereocenters. The first-order valence-electron chi connectivity index (χ1n) is 3.94. The zero-order valence-corrected chi connectivity index (χ0v) is 9.22. The lowest BCUT2D eigenvalue weighted by Crippen LogP contribution is -2.15. The number of halogens is 1. The summed E-state index contributed by atoms with van der Waals surface area (Å²) in [5, 5.41) is 9.44. The van der Waals surface area contributed by atoms with Gasteiger partial charge in [0.05, 0.1) is 11.9 Å². The highest BCUT2D eigenvalue weighted by Gasteiger charge is 2.08. The molecule has 1 aromatic carbocycles. The SMILES string of the molecule is O=c1[nH]cc(O)n1-c1ccccc1I. The van der Waals surface area contributed by atoms with Gasteiger partial charge in [0.25, 0.3) is 0 Å². The van der Waals surface area contributed by atoms with Gasteiger partial charge in [-0.15, -0.1) is 0 Å². The average Bonchev–Trinajstić information content (AvgIpc) is 2.48. The highest BCUT2D eigenvalue weighted by Crippen LogP contribution is 2.18. The largest absolute Gasteiger partial charge is 0.493 e. The van der Waals surface area contributed by atoms with Gasteiger partial charge in [-0.3, -0.25) is 0 Å². The summed E-state index contributed by atoms with van der Waals surface area (Å²) in [4.78, 5) is 13.8. The van der Waals surface area contributed by atoms with E-state index in [0.717, 1.165) is 3.57 Å². The number of hydrogen-bond donors (Lipinski definition) is 2. The molecule has 0 atom stereocenters. The van der Waals surface area contributed by atoms with Crippen LogP contribution in [-0.2, 0) is 0 Å². The van der Waals surface area contributed by atoms with Crippen molar-refractivity contribution in [3.63, 3.8) is 0 Å². The molecule has 0 aliphatic rings. The summed E-state index contributed by atoms with van der Waals surface area (Å²) in [7, 11) is 0. The average molecular weight is 302 g/mol. The molecule has 1 heterocycles. The van der Waals surface area contributed by atoms with E-state index in [1.54, 1.807) is 6.07 Å². The van der Waals surface area contributed by atoms with Crippen molar-refractivity contribution in [1.82, 2.24) is 9.55 Å². The molecule has 0 bridgehead atoms. The number of benzene rings is 1. The van der Waals surface area contributed by atoms with Gasteiger partial charge in [-0.2, -0.15) is 0 Å². The van der Waals surface area contributed by atoms with Gasteiger partial charge in [0.2, 0.25) is 5.88 Å². The standard InChI is InChI=1S/C9H7IN2O2/c10-6-3-1-2-4-7(6)12-8(13)5-11-9(12)14/h1-5,13H,(H,11,14). The van der Waals surface area contributed by atoms with Crippen molar-refractivity contribution in [3.8, 4) is 11.6 Å². The van der Waals surface area contributed by atoms with E-state index in [1.165, 1.54) is 10.8 Å². The Balaban J connectivity index is 2.72. The van der Waals surface area contributed by atoms with E-state index in [0.29, 0.717) is 5.69 Å². The van der Waals surface area contributed by atoms with E-state index in [4.69, 9.17) is 0 Å². The minimum atomic E-state index is -0.341. The number of hydrogen-bond acceptors (Lipinski definition) is 2. The molecule has 14 heavy (non-hydrogen) atoms. The summed E-state index contributed by atoms with van der Waals surface area (Å²) >= 11 is 2.11. The quantitative estimate of drug-likeness (QED) is 0.784. The molecule has 0 aliphatic heterocycles. The zero-order chi connectivity index (χ0) is 10.1. The molecule has 1 aromatic heterocycles. The fourth-order valence-electron chi connectivity index (χ4n) is 1.23. The van der Waals surface area contributed by atoms with Crippen molar-refractivity contribution in [3.05, 3.63) is 44.5 Å². The lowest BCUT2D eigenvalue weighted by Gasteiger charge is -2.04. The predicted octanol–water partition coefficient (Wildman–Crippen LogP) is 1.48. The Labute approximate surface area is 93.3 Å². The van der Waals surface area contributed by atoms with Gasteiger partial charge in [0, 0.05) is 3.57 Å². The van der Waals surface area contributed by atoms with Crippen LogP contribution in [0.4, 0.5) is 0 Å². The lowest BCUT2D eigenvalue weighted by atomic mass is 10.3. The summed E-state index contributed by atoms with van der Waals surface area (Å²) in [6, 6.07) is 7.34. The van der Waals surface area contributed by atoms with Crippen LogP contribution in [0.15, 0.2) is 35.3 Å². The normalized spacial score (nSPS) is 10.4. The number of nitrogens with one attached hydrogen (secondary N) is 1. The Morgan fingerprint density at radius 3 is 2.64 bits per heavy atom. The van der Waals surface area contributed by atoms with E-state index in [9.17, 15) is 9.90 Å². The van der Waals surface area contributed by atoms with E-state index < -0.39 is 0 Å². The molecule has 0 aliphatic carbocycles. The number of aromatic hydroxyl groups is 1. The molecule has 2 N–H and O–H groups in total. The van der Waals surface area contributed by atoms with Gasteiger partial charge in [0.15, 0.2) is 0 Å². The van der Waals surface area contributed by atoms with E-state index in [-0.39, 0.29) is 11.6 Å². The van der Waals surface area contributed by atoms with Gasteiger partial charge >= 0.3 is 5.69 Å². The van der Waals surface area contributed by atoms with Crippen LogP contribution in [0.25, 0.3) is 5.69 Å². The Bertz CT molecular complexity index is 516. The van der Waals surface area contributed by atoms with Crippen LogP contribution in [0.1, 0.15) is 0 Å². The maximum Gasteiger partial charge on any atom is 0.333 e. The van der Waals surface area contributed by atoms with Crippen LogP contribution >= 0.6 is 22.6 Å². The first-order chi connectivity index (χ1) is 6.70. The second-order valence-electron chi connectivity index (χ2n) is 2.74. The van der Waals surface area contributed by atoms with Gasteiger partial charge in [-0.05, 0) is 34.7 Å². The summed E-state index contributed by atoms with van der Waals surface area (Å²) < 4.78 is 2.13. The van der Waals surface area contributed by atoms with Gasteiger partial charge < -0.3 is 10.1 Å². The number of imidazole rings is 1. The minimum absolute atomic E-state index is 0.0842. The number of H-pyrrole nitrogens is 1. The second kappa shape index (κ2) is 3.49. The molecule has 0 spiro atoms. The highest BCUT2D eigenvalue weighted by molar-refractivity contribution is 14.1.